The average molecular weight is 511 g/mol. The molecule has 0 aliphatic carbocycles. The predicted octanol–water partition coefficient (Wildman–Crippen LogP) is 7.61. The van der Waals surface area contributed by atoms with Crippen LogP contribution in [-0.4, -0.2) is 15.9 Å². The van der Waals surface area contributed by atoms with Crippen LogP contribution in [0.2, 0.25) is 0 Å². The lowest BCUT2D eigenvalue weighted by Crippen LogP contribution is -2.09. The molecule has 5 nitrogen and oxygen atoms in total. The first kappa shape index (κ1) is 24.0. The van der Waals surface area contributed by atoms with Crippen LogP contribution < -0.4 is 11.1 Å². The Labute approximate surface area is 218 Å². The number of hydrogen-bond acceptors (Lipinski definition) is 6. The Morgan fingerprint density at radius 1 is 1.06 bits per heavy atom. The van der Waals surface area contributed by atoms with Crippen LogP contribution in [0.4, 0.5) is 11.4 Å². The standard InChI is InChI=1S/C29H26N4OS2/c1-3-5-20-9-10-23-24(12-14-31-29(23)32-20)33-25-16-18(2)8-11-26(25)36-21-7-4-6-19(17-21)22-13-15-35-27(22)28(30)34/h4,6-17H,3,5H2,1-2H3,(H2,30,34)(H,31,32,33). The number of pyridine rings is 2. The molecule has 0 saturated heterocycles. The molecule has 5 aromatic rings. The van der Waals surface area contributed by atoms with E-state index >= 15 is 0 Å². The number of nitrogens with one attached hydrogen (secondary N) is 1. The Hall–Kier alpha value is -3.68. The molecule has 0 bridgehead atoms. The minimum absolute atomic E-state index is 0.399. The van der Waals surface area contributed by atoms with Crippen LogP contribution >= 0.6 is 23.1 Å². The Kier molecular flexibility index (Phi) is 7.02. The molecule has 180 valence electrons. The van der Waals surface area contributed by atoms with Gasteiger partial charge in [-0.3, -0.25) is 4.79 Å². The van der Waals surface area contributed by atoms with Crippen molar-refractivity contribution in [3.8, 4) is 11.1 Å². The van der Waals surface area contributed by atoms with Crippen molar-refractivity contribution in [3.05, 3.63) is 94.4 Å². The number of amides is 1. The summed E-state index contributed by atoms with van der Waals surface area (Å²) in [4.78, 5) is 23.8. The van der Waals surface area contributed by atoms with Crippen LogP contribution in [0.1, 0.15) is 34.3 Å². The second-order valence-electron chi connectivity index (χ2n) is 8.56. The topological polar surface area (TPSA) is 80.9 Å². The van der Waals surface area contributed by atoms with Gasteiger partial charge in [-0.05, 0) is 78.4 Å². The summed E-state index contributed by atoms with van der Waals surface area (Å²) >= 11 is 3.05. The number of rotatable bonds is 8. The molecular formula is C29H26N4OS2. The van der Waals surface area contributed by atoms with E-state index < -0.39 is 5.91 Å². The largest absolute Gasteiger partial charge is 0.365 e. The zero-order chi connectivity index (χ0) is 25.1. The first-order chi connectivity index (χ1) is 17.5. The Balaban J connectivity index is 1.47. The normalized spacial score (nSPS) is 11.1. The van der Waals surface area contributed by atoms with E-state index in [1.54, 1.807) is 18.0 Å². The third-order valence-corrected chi connectivity index (χ3v) is 7.83. The van der Waals surface area contributed by atoms with Gasteiger partial charge in [0, 0.05) is 32.6 Å². The molecule has 0 saturated carbocycles. The van der Waals surface area contributed by atoms with Crippen molar-refractivity contribution < 1.29 is 4.79 Å². The molecule has 3 N–H and O–H groups in total. The lowest BCUT2D eigenvalue weighted by Gasteiger charge is -2.15. The maximum Gasteiger partial charge on any atom is 0.259 e. The third-order valence-electron chi connectivity index (χ3n) is 5.83. The van der Waals surface area contributed by atoms with E-state index in [1.165, 1.54) is 16.9 Å². The van der Waals surface area contributed by atoms with E-state index in [9.17, 15) is 4.79 Å². The smallest absolute Gasteiger partial charge is 0.259 e. The number of carbonyl (C=O) groups excluding carboxylic acids is 1. The minimum atomic E-state index is -0.399. The number of anilines is 2. The molecule has 3 aromatic heterocycles. The van der Waals surface area contributed by atoms with E-state index in [2.05, 4.69) is 66.6 Å². The van der Waals surface area contributed by atoms with E-state index in [-0.39, 0.29) is 0 Å². The lowest BCUT2D eigenvalue weighted by atomic mass is 10.1. The van der Waals surface area contributed by atoms with E-state index in [4.69, 9.17) is 10.7 Å². The van der Waals surface area contributed by atoms with Crippen LogP contribution in [0.5, 0.6) is 0 Å². The van der Waals surface area contributed by atoms with Gasteiger partial charge >= 0.3 is 0 Å². The molecule has 0 unspecified atom stereocenters. The maximum atomic E-state index is 11.8. The summed E-state index contributed by atoms with van der Waals surface area (Å²) in [6.07, 6.45) is 3.80. The van der Waals surface area contributed by atoms with Gasteiger partial charge < -0.3 is 11.1 Å². The third kappa shape index (κ3) is 5.12. The molecule has 2 aromatic carbocycles. The molecular weight excluding hydrogens is 484 g/mol. The summed E-state index contributed by atoms with van der Waals surface area (Å²) in [7, 11) is 0. The molecule has 36 heavy (non-hydrogen) atoms. The number of benzene rings is 2. The molecule has 7 heteroatoms. The number of aryl methyl sites for hydroxylation is 2. The first-order valence-electron chi connectivity index (χ1n) is 11.8. The van der Waals surface area contributed by atoms with E-state index in [1.807, 2.05) is 29.6 Å². The molecule has 0 atom stereocenters. The van der Waals surface area contributed by atoms with Gasteiger partial charge in [-0.1, -0.05) is 43.3 Å². The first-order valence-corrected chi connectivity index (χ1v) is 13.5. The van der Waals surface area contributed by atoms with Crippen LogP contribution in [0.15, 0.2) is 88.1 Å². The van der Waals surface area contributed by atoms with Gasteiger partial charge in [-0.2, -0.15) is 0 Å². The molecule has 0 radical (unpaired) electrons. The number of nitrogens with zero attached hydrogens (tertiary/aromatic N) is 2. The molecule has 1 amide bonds. The molecule has 0 aliphatic heterocycles. The van der Waals surface area contributed by atoms with Crippen molar-refractivity contribution >= 4 is 51.4 Å². The highest BCUT2D eigenvalue weighted by Crippen LogP contribution is 2.38. The van der Waals surface area contributed by atoms with Gasteiger partial charge in [0.1, 0.15) is 0 Å². The molecule has 0 fully saturated rings. The Morgan fingerprint density at radius 3 is 2.78 bits per heavy atom. The highest BCUT2D eigenvalue weighted by molar-refractivity contribution is 7.99. The fraction of sp³-hybridized carbons (Fsp3) is 0.138. The van der Waals surface area contributed by atoms with Crippen molar-refractivity contribution in [2.24, 2.45) is 5.73 Å². The van der Waals surface area contributed by atoms with Crippen LogP contribution in [-0.2, 0) is 6.42 Å². The second-order valence-corrected chi connectivity index (χ2v) is 10.6. The zero-order valence-corrected chi connectivity index (χ0v) is 21.7. The van der Waals surface area contributed by atoms with Gasteiger partial charge in [-0.15, -0.1) is 11.3 Å². The van der Waals surface area contributed by atoms with Crippen molar-refractivity contribution in [1.82, 2.24) is 9.97 Å². The molecule has 0 spiro atoms. The quantitative estimate of drug-likeness (QED) is 0.224. The summed E-state index contributed by atoms with van der Waals surface area (Å²) in [6, 6.07) is 22.7. The van der Waals surface area contributed by atoms with Crippen molar-refractivity contribution in [2.75, 3.05) is 5.32 Å². The fourth-order valence-electron chi connectivity index (χ4n) is 4.13. The SMILES string of the molecule is CCCc1ccc2c(Nc3cc(C)ccc3Sc3cccc(-c4ccsc4C(N)=O)c3)ccnc2n1. The monoisotopic (exact) mass is 510 g/mol. The van der Waals surface area contributed by atoms with E-state index in [0.717, 1.165) is 61.9 Å². The van der Waals surface area contributed by atoms with Crippen LogP contribution in [0.3, 0.4) is 0 Å². The second kappa shape index (κ2) is 10.5. The predicted molar refractivity (Wildman–Crippen MR) is 150 cm³/mol. The van der Waals surface area contributed by atoms with Gasteiger partial charge in [-0.25, -0.2) is 9.97 Å². The minimum Gasteiger partial charge on any atom is -0.365 e. The lowest BCUT2D eigenvalue weighted by molar-refractivity contribution is 0.100. The number of thiophene rings is 1. The van der Waals surface area contributed by atoms with E-state index in [0.29, 0.717) is 4.88 Å². The van der Waals surface area contributed by atoms with Gasteiger partial charge in [0.15, 0.2) is 5.65 Å². The number of hydrogen-bond donors (Lipinski definition) is 2. The molecule has 0 aliphatic rings. The number of nitrogens with two attached hydrogens (primary N) is 1. The summed E-state index contributed by atoms with van der Waals surface area (Å²) in [6.45, 7) is 4.24. The van der Waals surface area contributed by atoms with Gasteiger partial charge in [0.25, 0.3) is 5.91 Å². The number of primary amides is 1. The van der Waals surface area contributed by atoms with Crippen LogP contribution in [0.25, 0.3) is 22.2 Å². The van der Waals surface area contributed by atoms with Gasteiger partial charge in [0.05, 0.1) is 16.3 Å². The summed E-state index contributed by atoms with van der Waals surface area (Å²) in [5.74, 6) is -0.399. The van der Waals surface area contributed by atoms with Crippen molar-refractivity contribution in [1.29, 1.82) is 0 Å². The number of fused-ring (bicyclic) bond motifs is 1. The summed E-state index contributed by atoms with van der Waals surface area (Å²) in [5.41, 5.74) is 12.4. The van der Waals surface area contributed by atoms with Gasteiger partial charge in [0.2, 0.25) is 0 Å². The Morgan fingerprint density at radius 2 is 1.94 bits per heavy atom. The average Bonchev–Trinajstić information content (AvgIpc) is 3.37. The fourth-order valence-corrected chi connectivity index (χ4v) is 5.84. The maximum absolute atomic E-state index is 11.8. The summed E-state index contributed by atoms with van der Waals surface area (Å²) < 4.78 is 0. The number of aromatic nitrogens is 2. The van der Waals surface area contributed by atoms with Crippen molar-refractivity contribution in [3.63, 3.8) is 0 Å². The molecule has 5 rings (SSSR count). The zero-order valence-electron chi connectivity index (χ0n) is 20.1. The Bertz CT molecular complexity index is 1560. The number of carbonyl (C=O) groups is 1. The highest BCUT2D eigenvalue weighted by atomic mass is 32.2. The highest BCUT2D eigenvalue weighted by Gasteiger charge is 2.14. The van der Waals surface area contributed by atoms with Crippen molar-refractivity contribution in [2.45, 2.75) is 36.5 Å². The van der Waals surface area contributed by atoms with Crippen LogP contribution in [0, 0.1) is 6.92 Å². The molecule has 3 heterocycles. The summed E-state index contributed by atoms with van der Waals surface area (Å²) in [5, 5.41) is 6.53.